The van der Waals surface area contributed by atoms with Crippen molar-refractivity contribution in [3.63, 3.8) is 0 Å². The van der Waals surface area contributed by atoms with Crippen LogP contribution < -0.4 is 21.5 Å². The first-order valence-corrected chi connectivity index (χ1v) is 11.7. The molecule has 9 heteroatoms. The van der Waals surface area contributed by atoms with Gasteiger partial charge in [0.05, 0.1) is 5.92 Å². The highest BCUT2D eigenvalue weighted by Gasteiger charge is 2.23. The van der Waals surface area contributed by atoms with Gasteiger partial charge in [0.25, 0.3) is 0 Å². The molecule has 0 aliphatic rings. The van der Waals surface area contributed by atoms with Crippen LogP contribution in [0, 0.1) is 6.92 Å². The molecule has 3 aromatic carbocycles. The molecule has 0 aliphatic heterocycles. The largest absolute Gasteiger partial charge is 0.326 e. The monoisotopic (exact) mass is 508 g/mol. The Balaban J connectivity index is 1.48. The third-order valence-corrected chi connectivity index (χ3v) is 5.81. The summed E-state index contributed by atoms with van der Waals surface area (Å²) < 4.78 is 0. The molecule has 7 nitrogen and oxygen atoms in total. The number of carbonyl (C=O) groups is 3. The van der Waals surface area contributed by atoms with Gasteiger partial charge in [0.2, 0.25) is 17.7 Å². The first-order valence-electron chi connectivity index (χ1n) is 10.9. The molecule has 0 aliphatic carbocycles. The zero-order valence-corrected chi connectivity index (χ0v) is 20.6. The minimum absolute atomic E-state index is 0.0390. The molecule has 3 rings (SSSR count). The number of thiocarbonyl (C=S) groups is 1. The number of hydrogen-bond acceptors (Lipinski definition) is 4. The number of hydrazine groups is 1. The van der Waals surface area contributed by atoms with Crippen LogP contribution in [-0.4, -0.2) is 22.8 Å². The third kappa shape index (κ3) is 7.63. The topological polar surface area (TPSA) is 99.3 Å². The zero-order chi connectivity index (χ0) is 25.2. The first kappa shape index (κ1) is 25.9. The lowest BCUT2D eigenvalue weighted by Gasteiger charge is -2.18. The van der Waals surface area contributed by atoms with Crippen molar-refractivity contribution in [2.75, 3.05) is 5.32 Å². The second-order valence-electron chi connectivity index (χ2n) is 7.71. The number of carbonyl (C=O) groups excluding carboxylic acids is 3. The van der Waals surface area contributed by atoms with Crippen molar-refractivity contribution in [3.05, 3.63) is 101 Å². The fourth-order valence-electron chi connectivity index (χ4n) is 3.37. The van der Waals surface area contributed by atoms with E-state index in [9.17, 15) is 14.4 Å². The van der Waals surface area contributed by atoms with E-state index in [4.69, 9.17) is 23.8 Å². The van der Waals surface area contributed by atoms with Crippen molar-refractivity contribution in [1.29, 1.82) is 0 Å². The van der Waals surface area contributed by atoms with E-state index in [0.717, 1.165) is 16.7 Å². The van der Waals surface area contributed by atoms with Gasteiger partial charge in [-0.1, -0.05) is 78.3 Å². The van der Waals surface area contributed by atoms with Crippen LogP contribution in [0.25, 0.3) is 0 Å². The van der Waals surface area contributed by atoms with Crippen molar-refractivity contribution in [2.45, 2.75) is 25.7 Å². The highest BCUT2D eigenvalue weighted by Crippen LogP contribution is 2.25. The van der Waals surface area contributed by atoms with Crippen molar-refractivity contribution in [2.24, 2.45) is 0 Å². The molecule has 4 N–H and O–H groups in total. The molecular formula is C26H25ClN4O3S. The molecule has 0 saturated carbocycles. The summed E-state index contributed by atoms with van der Waals surface area (Å²) >= 11 is 11.2. The normalized spacial score (nSPS) is 10.4. The molecule has 0 unspecified atom stereocenters. The fourth-order valence-corrected chi connectivity index (χ4v) is 3.70. The molecular weight excluding hydrogens is 484 g/mol. The van der Waals surface area contributed by atoms with E-state index >= 15 is 0 Å². The van der Waals surface area contributed by atoms with Gasteiger partial charge in [-0.25, -0.2) is 0 Å². The van der Waals surface area contributed by atoms with E-state index in [1.165, 1.54) is 0 Å². The zero-order valence-electron chi connectivity index (χ0n) is 19.0. The first-order chi connectivity index (χ1) is 16.8. The molecule has 0 aromatic heterocycles. The Morgan fingerprint density at radius 2 is 1.37 bits per heavy atom. The summed E-state index contributed by atoms with van der Waals surface area (Å²) in [7, 11) is 0. The van der Waals surface area contributed by atoms with Gasteiger partial charge in [0.1, 0.15) is 0 Å². The second-order valence-corrected chi connectivity index (χ2v) is 8.52. The third-order valence-electron chi connectivity index (χ3n) is 5.20. The number of nitrogens with one attached hydrogen (secondary N) is 4. The molecule has 0 radical (unpaired) electrons. The predicted molar refractivity (Wildman–Crippen MR) is 141 cm³/mol. The summed E-state index contributed by atoms with van der Waals surface area (Å²) in [6, 6.07) is 23.9. The molecule has 180 valence electrons. The van der Waals surface area contributed by atoms with Crippen molar-refractivity contribution < 1.29 is 14.4 Å². The number of hydrogen-bond donors (Lipinski definition) is 4. The van der Waals surface area contributed by atoms with Crippen LogP contribution in [0.5, 0.6) is 0 Å². The van der Waals surface area contributed by atoms with Crippen LogP contribution in [0.1, 0.15) is 35.4 Å². The van der Waals surface area contributed by atoms with Gasteiger partial charge in [-0.05, 0) is 48.0 Å². The maximum absolute atomic E-state index is 13.0. The van der Waals surface area contributed by atoms with Crippen LogP contribution in [0.15, 0.2) is 78.9 Å². The van der Waals surface area contributed by atoms with Crippen LogP contribution in [0.4, 0.5) is 5.69 Å². The van der Waals surface area contributed by atoms with Gasteiger partial charge in [0.15, 0.2) is 5.11 Å². The van der Waals surface area contributed by atoms with Crippen molar-refractivity contribution in [1.82, 2.24) is 16.2 Å². The molecule has 3 aromatic rings. The number of rotatable bonds is 7. The summed E-state index contributed by atoms with van der Waals surface area (Å²) in [6.07, 6.45) is -0.117. The lowest BCUT2D eigenvalue weighted by molar-refractivity contribution is -0.124. The summed E-state index contributed by atoms with van der Waals surface area (Å²) in [6.45, 7) is 1.80. The summed E-state index contributed by atoms with van der Waals surface area (Å²) in [4.78, 5) is 37.3. The van der Waals surface area contributed by atoms with E-state index in [1.54, 1.807) is 25.1 Å². The van der Waals surface area contributed by atoms with Gasteiger partial charge >= 0.3 is 0 Å². The van der Waals surface area contributed by atoms with Gasteiger partial charge in [-0.3, -0.25) is 25.2 Å². The number of halogens is 1. The van der Waals surface area contributed by atoms with E-state index < -0.39 is 11.8 Å². The maximum atomic E-state index is 13.0. The van der Waals surface area contributed by atoms with Crippen molar-refractivity contribution >= 4 is 52.3 Å². The van der Waals surface area contributed by atoms with Crippen molar-refractivity contribution in [3.8, 4) is 0 Å². The molecule has 35 heavy (non-hydrogen) atoms. The smallest absolute Gasteiger partial charge is 0.238 e. The highest BCUT2D eigenvalue weighted by molar-refractivity contribution is 7.80. The Labute approximate surface area is 214 Å². The minimum atomic E-state index is -0.577. The van der Waals surface area contributed by atoms with Crippen LogP contribution in [0.3, 0.4) is 0 Å². The summed E-state index contributed by atoms with van der Waals surface area (Å²) in [5.41, 5.74) is 7.87. The Morgan fingerprint density at radius 3 is 1.97 bits per heavy atom. The maximum Gasteiger partial charge on any atom is 0.238 e. The molecule has 0 spiro atoms. The lowest BCUT2D eigenvalue weighted by Crippen LogP contribution is -2.49. The average Bonchev–Trinajstić information content (AvgIpc) is 2.86. The van der Waals surface area contributed by atoms with E-state index in [-0.39, 0.29) is 29.8 Å². The predicted octanol–water partition coefficient (Wildman–Crippen LogP) is 4.22. The van der Waals surface area contributed by atoms with E-state index in [1.807, 2.05) is 60.7 Å². The number of anilines is 1. The highest BCUT2D eigenvalue weighted by atomic mass is 35.5. The minimum Gasteiger partial charge on any atom is -0.326 e. The molecule has 0 saturated heterocycles. The van der Waals surface area contributed by atoms with Crippen LogP contribution in [-0.2, 0) is 14.4 Å². The Kier molecular flexibility index (Phi) is 9.34. The Hall–Kier alpha value is -3.75. The molecule has 3 amide bonds. The van der Waals surface area contributed by atoms with Gasteiger partial charge in [-0.2, -0.15) is 0 Å². The van der Waals surface area contributed by atoms with Gasteiger partial charge in [0, 0.05) is 23.6 Å². The SMILES string of the molecule is Cc1c(Cl)cccc1NC(=O)CCC(=O)NNC(=S)NC(=O)C(c1ccccc1)c1ccccc1. The van der Waals surface area contributed by atoms with E-state index in [0.29, 0.717) is 10.7 Å². The summed E-state index contributed by atoms with van der Waals surface area (Å²) in [5.74, 6) is -1.70. The standard InChI is InChI=1S/C26H25ClN4O3S/c1-17-20(27)13-8-14-21(17)28-22(32)15-16-23(33)30-31-26(35)29-25(34)24(18-9-4-2-5-10-18)19-11-6-3-7-12-19/h2-14,24H,15-16H2,1H3,(H,28,32)(H,30,33)(H2,29,31,34,35). The second kappa shape index (κ2) is 12.6. The van der Waals surface area contributed by atoms with Crippen LogP contribution in [0.2, 0.25) is 5.02 Å². The van der Waals surface area contributed by atoms with Gasteiger partial charge < -0.3 is 10.6 Å². The molecule has 0 heterocycles. The Bertz CT molecular complexity index is 1170. The number of amides is 3. The average molecular weight is 509 g/mol. The quantitative estimate of drug-likeness (QED) is 0.283. The molecule has 0 atom stereocenters. The summed E-state index contributed by atoms with van der Waals surface area (Å²) in [5, 5.41) is 5.84. The van der Waals surface area contributed by atoms with E-state index in [2.05, 4.69) is 21.5 Å². The Morgan fingerprint density at radius 1 is 0.800 bits per heavy atom. The molecule has 0 fully saturated rings. The molecule has 0 bridgehead atoms. The van der Waals surface area contributed by atoms with Gasteiger partial charge in [-0.15, -0.1) is 0 Å². The lowest BCUT2D eigenvalue weighted by atomic mass is 9.90. The van der Waals surface area contributed by atoms with Crippen LogP contribution >= 0.6 is 23.8 Å². The number of benzene rings is 3. The fraction of sp³-hybridized carbons (Fsp3) is 0.154.